The van der Waals surface area contributed by atoms with Gasteiger partial charge in [0.25, 0.3) is 0 Å². The number of amides is 1. The van der Waals surface area contributed by atoms with Crippen molar-refractivity contribution in [3.63, 3.8) is 0 Å². The van der Waals surface area contributed by atoms with Crippen LogP contribution < -0.4 is 15.2 Å². The molecular weight excluding hydrogens is 279 g/mol. The number of hydrazine groups is 1. The molecule has 0 aliphatic rings. The molecule has 0 saturated carbocycles. The summed E-state index contributed by atoms with van der Waals surface area (Å²) in [6.07, 6.45) is 0. The van der Waals surface area contributed by atoms with E-state index < -0.39 is 23.7 Å². The molecule has 0 bridgehead atoms. The minimum Gasteiger partial charge on any atom is -0.494 e. The van der Waals surface area contributed by atoms with Crippen molar-refractivity contribution in [1.82, 2.24) is 5.43 Å². The van der Waals surface area contributed by atoms with Crippen LogP contribution in [0, 0.1) is 5.82 Å². The molecule has 116 valence electrons. The summed E-state index contributed by atoms with van der Waals surface area (Å²) < 4.78 is 23.4. The molecule has 6 nitrogen and oxygen atoms in total. The summed E-state index contributed by atoms with van der Waals surface area (Å²) in [6.45, 7) is 4.77. The third-order valence-corrected chi connectivity index (χ3v) is 2.67. The number of carbonyl (C=O) groups excluding carboxylic acids is 2. The third kappa shape index (κ3) is 4.42. The zero-order valence-electron chi connectivity index (χ0n) is 12.5. The maximum atomic E-state index is 13.7. The lowest BCUT2D eigenvalue weighted by Gasteiger charge is -2.25. The van der Waals surface area contributed by atoms with Crippen molar-refractivity contribution in [2.75, 3.05) is 18.7 Å². The largest absolute Gasteiger partial charge is 0.494 e. The third-order valence-electron chi connectivity index (χ3n) is 2.67. The average Bonchev–Trinajstić information content (AvgIpc) is 2.44. The van der Waals surface area contributed by atoms with Crippen molar-refractivity contribution in [3.05, 3.63) is 24.0 Å². The highest BCUT2D eigenvalue weighted by Crippen LogP contribution is 2.23. The normalized spacial score (nSPS) is 11.7. The minimum atomic E-state index is -0.751. The molecule has 1 N–H and O–H groups in total. The number of hydrogen-bond donors (Lipinski definition) is 1. The van der Waals surface area contributed by atoms with Gasteiger partial charge in [-0.3, -0.25) is 9.59 Å². The van der Waals surface area contributed by atoms with E-state index in [2.05, 4.69) is 5.43 Å². The molecule has 1 amide bonds. The highest BCUT2D eigenvalue weighted by molar-refractivity contribution is 5.91. The Morgan fingerprint density at radius 1 is 1.43 bits per heavy atom. The number of ether oxygens (including phenoxy) is 2. The van der Waals surface area contributed by atoms with Crippen molar-refractivity contribution in [3.8, 4) is 5.75 Å². The Kier molecular flexibility index (Phi) is 6.10. The van der Waals surface area contributed by atoms with Gasteiger partial charge in [-0.15, -0.1) is 0 Å². The molecule has 1 rings (SSSR count). The van der Waals surface area contributed by atoms with Gasteiger partial charge in [0, 0.05) is 13.0 Å². The van der Waals surface area contributed by atoms with E-state index >= 15 is 0 Å². The number of halogens is 1. The Labute approximate surface area is 122 Å². The van der Waals surface area contributed by atoms with E-state index in [4.69, 9.17) is 9.47 Å². The van der Waals surface area contributed by atoms with Gasteiger partial charge in [-0.1, -0.05) is 0 Å². The number of methoxy groups -OCH3 is 1. The fourth-order valence-electron chi connectivity index (χ4n) is 1.66. The van der Waals surface area contributed by atoms with Gasteiger partial charge < -0.3 is 9.47 Å². The summed E-state index contributed by atoms with van der Waals surface area (Å²) in [5.41, 5.74) is 2.94. The second kappa shape index (κ2) is 7.58. The summed E-state index contributed by atoms with van der Waals surface area (Å²) in [7, 11) is 1.35. The number of rotatable bonds is 6. The van der Waals surface area contributed by atoms with Crippen LogP contribution in [-0.4, -0.2) is 31.6 Å². The van der Waals surface area contributed by atoms with Gasteiger partial charge >= 0.3 is 5.97 Å². The smallest absolute Gasteiger partial charge is 0.324 e. The van der Waals surface area contributed by atoms with E-state index in [0.29, 0.717) is 0 Å². The number of hydrogen-bond acceptors (Lipinski definition) is 5. The van der Waals surface area contributed by atoms with Crippen LogP contribution in [0.15, 0.2) is 18.2 Å². The average molecular weight is 298 g/mol. The molecule has 1 aromatic rings. The topological polar surface area (TPSA) is 67.9 Å². The first-order valence-electron chi connectivity index (χ1n) is 6.47. The Morgan fingerprint density at radius 3 is 2.57 bits per heavy atom. The molecule has 21 heavy (non-hydrogen) atoms. The molecule has 0 aliphatic carbocycles. The molecule has 7 heteroatoms. The van der Waals surface area contributed by atoms with Gasteiger partial charge in [-0.05, 0) is 26.0 Å². The Bertz CT molecular complexity index is 522. The fourth-order valence-corrected chi connectivity index (χ4v) is 1.66. The highest BCUT2D eigenvalue weighted by Gasteiger charge is 2.21. The summed E-state index contributed by atoms with van der Waals surface area (Å²) in [5.74, 6) is -1.43. The lowest BCUT2D eigenvalue weighted by atomic mass is 10.2. The van der Waals surface area contributed by atoms with Crippen molar-refractivity contribution >= 4 is 17.6 Å². The molecule has 0 aromatic heterocycles. The van der Waals surface area contributed by atoms with Crippen LogP contribution in [0.5, 0.6) is 5.75 Å². The molecule has 0 fully saturated rings. The predicted octanol–water partition coefficient (Wildman–Crippen LogP) is 1.64. The van der Waals surface area contributed by atoms with Crippen molar-refractivity contribution < 1.29 is 23.5 Å². The SMILES string of the molecule is CCOC(=O)C(C)NN(C(C)=O)c1ccc(OC)c(F)c1. The van der Waals surface area contributed by atoms with Gasteiger partial charge in [0.2, 0.25) is 5.91 Å². The molecule has 0 aliphatic heterocycles. The van der Waals surface area contributed by atoms with E-state index in [1.807, 2.05) is 0 Å². The lowest BCUT2D eigenvalue weighted by molar-refractivity contribution is -0.145. The van der Waals surface area contributed by atoms with Crippen LogP contribution in [0.1, 0.15) is 20.8 Å². The van der Waals surface area contributed by atoms with Crippen LogP contribution in [0.3, 0.4) is 0 Å². The predicted molar refractivity (Wildman–Crippen MR) is 75.3 cm³/mol. The second-order valence-electron chi connectivity index (χ2n) is 4.28. The first-order chi connectivity index (χ1) is 9.90. The van der Waals surface area contributed by atoms with E-state index in [1.54, 1.807) is 13.8 Å². The summed E-state index contributed by atoms with van der Waals surface area (Å²) >= 11 is 0. The van der Waals surface area contributed by atoms with Crippen LogP contribution >= 0.6 is 0 Å². The fraction of sp³-hybridized carbons (Fsp3) is 0.429. The maximum absolute atomic E-state index is 13.7. The second-order valence-corrected chi connectivity index (χ2v) is 4.28. The Balaban J connectivity index is 2.94. The standard InChI is InChI=1S/C14H19FN2O4/c1-5-21-14(19)9(2)16-17(10(3)18)11-6-7-13(20-4)12(15)8-11/h6-9,16H,5H2,1-4H3. The number of carbonyl (C=O) groups is 2. The summed E-state index contributed by atoms with van der Waals surface area (Å²) in [4.78, 5) is 23.3. The van der Waals surface area contributed by atoms with E-state index in [0.717, 1.165) is 11.1 Å². The summed E-state index contributed by atoms with van der Waals surface area (Å²) in [5, 5.41) is 1.09. The van der Waals surface area contributed by atoms with Crippen molar-refractivity contribution in [1.29, 1.82) is 0 Å². The molecule has 0 heterocycles. The van der Waals surface area contributed by atoms with E-state index in [1.165, 1.54) is 26.2 Å². The quantitative estimate of drug-likeness (QED) is 0.639. The molecular formula is C14H19FN2O4. The first-order valence-corrected chi connectivity index (χ1v) is 6.47. The number of nitrogens with one attached hydrogen (secondary N) is 1. The lowest BCUT2D eigenvalue weighted by Crippen LogP contribution is -2.50. The number of nitrogens with zero attached hydrogens (tertiary/aromatic N) is 1. The zero-order chi connectivity index (χ0) is 16.0. The highest BCUT2D eigenvalue weighted by atomic mass is 19.1. The Morgan fingerprint density at radius 2 is 2.10 bits per heavy atom. The number of esters is 1. The van der Waals surface area contributed by atoms with Crippen LogP contribution in [-0.2, 0) is 14.3 Å². The molecule has 0 saturated heterocycles. The van der Waals surface area contributed by atoms with Crippen LogP contribution in [0.25, 0.3) is 0 Å². The van der Waals surface area contributed by atoms with E-state index in [9.17, 15) is 14.0 Å². The van der Waals surface area contributed by atoms with Crippen molar-refractivity contribution in [2.24, 2.45) is 0 Å². The molecule has 0 radical (unpaired) electrons. The van der Waals surface area contributed by atoms with Crippen LogP contribution in [0.2, 0.25) is 0 Å². The number of anilines is 1. The van der Waals surface area contributed by atoms with Gasteiger partial charge in [-0.25, -0.2) is 14.8 Å². The minimum absolute atomic E-state index is 0.0701. The van der Waals surface area contributed by atoms with Crippen LogP contribution in [0.4, 0.5) is 10.1 Å². The van der Waals surface area contributed by atoms with Gasteiger partial charge in [0.1, 0.15) is 6.04 Å². The van der Waals surface area contributed by atoms with Gasteiger partial charge in [-0.2, -0.15) is 0 Å². The summed E-state index contributed by atoms with van der Waals surface area (Å²) in [6, 6.07) is 3.30. The first kappa shape index (κ1) is 16.9. The van der Waals surface area contributed by atoms with Crippen molar-refractivity contribution in [2.45, 2.75) is 26.8 Å². The van der Waals surface area contributed by atoms with E-state index in [-0.39, 0.29) is 18.0 Å². The molecule has 1 atom stereocenters. The monoisotopic (exact) mass is 298 g/mol. The number of benzene rings is 1. The molecule has 1 aromatic carbocycles. The van der Waals surface area contributed by atoms with Gasteiger partial charge in [0.15, 0.2) is 11.6 Å². The molecule has 1 unspecified atom stereocenters. The van der Waals surface area contributed by atoms with Gasteiger partial charge in [0.05, 0.1) is 19.4 Å². The Hall–Kier alpha value is -2.15. The molecule has 0 spiro atoms. The maximum Gasteiger partial charge on any atom is 0.324 e. The zero-order valence-corrected chi connectivity index (χ0v) is 12.5.